The number of hydrogen-bond acceptors (Lipinski definition) is 4. The van der Waals surface area contributed by atoms with Crippen LogP contribution in [0.2, 0.25) is 5.02 Å². The van der Waals surface area contributed by atoms with Crippen LogP contribution in [-0.4, -0.2) is 35.0 Å². The van der Waals surface area contributed by atoms with Crippen molar-refractivity contribution in [1.82, 2.24) is 9.78 Å². The average molecular weight is 350 g/mol. The normalized spacial score (nSPS) is 17.0. The quantitative estimate of drug-likeness (QED) is 0.834. The minimum atomic E-state index is -0.117. The third-order valence-electron chi connectivity index (χ3n) is 3.73. The summed E-state index contributed by atoms with van der Waals surface area (Å²) in [5.74, 6) is 0.536. The van der Waals surface area contributed by atoms with Crippen LogP contribution in [0.1, 0.15) is 19.3 Å². The molecule has 0 aliphatic carbocycles. The second-order valence-electron chi connectivity index (χ2n) is 5.69. The predicted octanol–water partition coefficient (Wildman–Crippen LogP) is 3.12. The number of halogens is 1. The lowest BCUT2D eigenvalue weighted by atomic mass is 10.2. The first-order valence-electron chi connectivity index (χ1n) is 8.01. The zero-order chi connectivity index (χ0) is 16.8. The van der Waals surface area contributed by atoms with Gasteiger partial charge in [0.15, 0.2) is 0 Å². The molecule has 1 atom stereocenters. The fourth-order valence-corrected chi connectivity index (χ4v) is 2.75. The maximum absolute atomic E-state index is 11.9. The molecule has 1 aromatic carbocycles. The molecule has 1 amide bonds. The molecule has 1 aromatic heterocycles. The number of ether oxygens (including phenoxy) is 2. The predicted molar refractivity (Wildman–Crippen MR) is 91.4 cm³/mol. The maximum atomic E-state index is 11.9. The Balaban J connectivity index is 1.40. The smallest absolute Gasteiger partial charge is 0.227 e. The zero-order valence-electron chi connectivity index (χ0n) is 13.3. The highest BCUT2D eigenvalue weighted by Crippen LogP contribution is 2.17. The summed E-state index contributed by atoms with van der Waals surface area (Å²) in [5.41, 5.74) is 0.681. The molecule has 1 saturated heterocycles. The van der Waals surface area contributed by atoms with Crippen LogP contribution >= 0.6 is 11.6 Å². The molecule has 0 bridgehead atoms. The van der Waals surface area contributed by atoms with Crippen molar-refractivity contribution in [3.63, 3.8) is 0 Å². The number of nitrogens with one attached hydrogen (secondary N) is 1. The third kappa shape index (κ3) is 4.97. The van der Waals surface area contributed by atoms with Crippen LogP contribution in [0.5, 0.6) is 5.75 Å². The summed E-state index contributed by atoms with van der Waals surface area (Å²) in [6.07, 6.45) is 6.09. The standard InChI is InChI=1S/C17H20ClN3O3/c18-13-3-1-4-15(9-13)24-8-6-17(22)20-14-10-19-21(11-14)12-16-5-2-7-23-16/h1,3-4,9-11,16H,2,5-8,12H2,(H,20,22)/t16-/m0/s1. The van der Waals surface area contributed by atoms with E-state index in [1.54, 1.807) is 35.1 Å². The summed E-state index contributed by atoms with van der Waals surface area (Å²) >= 11 is 5.88. The number of hydrogen-bond donors (Lipinski definition) is 1. The molecule has 3 rings (SSSR count). The zero-order valence-corrected chi connectivity index (χ0v) is 14.0. The molecular weight excluding hydrogens is 330 g/mol. The first kappa shape index (κ1) is 16.8. The van der Waals surface area contributed by atoms with Gasteiger partial charge in [0.2, 0.25) is 5.91 Å². The van der Waals surface area contributed by atoms with Crippen molar-refractivity contribution in [3.05, 3.63) is 41.7 Å². The Morgan fingerprint density at radius 2 is 2.42 bits per heavy atom. The fraction of sp³-hybridized carbons (Fsp3) is 0.412. The first-order valence-corrected chi connectivity index (χ1v) is 8.39. The van der Waals surface area contributed by atoms with E-state index in [1.165, 1.54) is 0 Å². The molecule has 128 valence electrons. The largest absolute Gasteiger partial charge is 0.493 e. The summed E-state index contributed by atoms with van der Waals surface area (Å²) < 4.78 is 12.9. The van der Waals surface area contributed by atoms with Crippen molar-refractivity contribution in [2.24, 2.45) is 0 Å². The Hall–Kier alpha value is -2.05. The summed E-state index contributed by atoms with van der Waals surface area (Å²) in [4.78, 5) is 11.9. The van der Waals surface area contributed by atoms with Crippen molar-refractivity contribution < 1.29 is 14.3 Å². The van der Waals surface area contributed by atoms with E-state index in [-0.39, 0.29) is 25.0 Å². The number of aromatic nitrogens is 2. The topological polar surface area (TPSA) is 65.4 Å². The van der Waals surface area contributed by atoms with Crippen molar-refractivity contribution in [3.8, 4) is 5.75 Å². The van der Waals surface area contributed by atoms with Gasteiger partial charge < -0.3 is 14.8 Å². The monoisotopic (exact) mass is 349 g/mol. The van der Waals surface area contributed by atoms with Gasteiger partial charge in [-0.15, -0.1) is 0 Å². The van der Waals surface area contributed by atoms with Crippen LogP contribution < -0.4 is 10.1 Å². The molecule has 6 nitrogen and oxygen atoms in total. The van der Waals surface area contributed by atoms with Crippen LogP contribution in [0.4, 0.5) is 5.69 Å². The second kappa shape index (κ2) is 8.17. The van der Waals surface area contributed by atoms with Crippen molar-refractivity contribution in [2.45, 2.75) is 31.9 Å². The average Bonchev–Trinajstić information content (AvgIpc) is 3.20. The van der Waals surface area contributed by atoms with E-state index in [1.807, 2.05) is 6.20 Å². The summed E-state index contributed by atoms with van der Waals surface area (Å²) in [7, 11) is 0. The Bertz CT molecular complexity index is 683. The number of rotatable bonds is 7. The Morgan fingerprint density at radius 3 is 3.21 bits per heavy atom. The lowest BCUT2D eigenvalue weighted by Gasteiger charge is -2.08. The van der Waals surface area contributed by atoms with E-state index in [9.17, 15) is 4.79 Å². The second-order valence-corrected chi connectivity index (χ2v) is 6.13. The van der Waals surface area contributed by atoms with Crippen LogP contribution in [0.25, 0.3) is 0 Å². The van der Waals surface area contributed by atoms with Gasteiger partial charge in [-0.25, -0.2) is 0 Å². The van der Waals surface area contributed by atoms with Crippen LogP contribution in [0.3, 0.4) is 0 Å². The van der Waals surface area contributed by atoms with Crippen molar-refractivity contribution >= 4 is 23.2 Å². The molecule has 1 fully saturated rings. The number of carbonyl (C=O) groups is 1. The van der Waals surface area contributed by atoms with Gasteiger partial charge in [0, 0.05) is 17.8 Å². The van der Waals surface area contributed by atoms with E-state index in [2.05, 4.69) is 10.4 Å². The Morgan fingerprint density at radius 1 is 1.50 bits per heavy atom. The summed E-state index contributed by atoms with van der Waals surface area (Å²) in [6, 6.07) is 7.10. The number of amides is 1. The van der Waals surface area contributed by atoms with Gasteiger partial charge in [-0.1, -0.05) is 17.7 Å². The molecule has 0 saturated carbocycles. The number of nitrogens with zero attached hydrogens (tertiary/aromatic N) is 2. The fourth-order valence-electron chi connectivity index (χ4n) is 2.57. The van der Waals surface area contributed by atoms with E-state index in [0.717, 1.165) is 19.4 Å². The Labute approximate surface area is 145 Å². The minimum Gasteiger partial charge on any atom is -0.493 e. The molecule has 1 aliphatic rings. The lowest BCUT2D eigenvalue weighted by molar-refractivity contribution is -0.116. The van der Waals surface area contributed by atoms with E-state index in [4.69, 9.17) is 21.1 Å². The number of carbonyl (C=O) groups excluding carboxylic acids is 1. The van der Waals surface area contributed by atoms with Gasteiger partial charge in [0.05, 0.1) is 37.6 Å². The lowest BCUT2D eigenvalue weighted by Crippen LogP contribution is -2.16. The number of benzene rings is 1. The van der Waals surface area contributed by atoms with E-state index < -0.39 is 0 Å². The van der Waals surface area contributed by atoms with Crippen molar-refractivity contribution in [2.75, 3.05) is 18.5 Å². The van der Waals surface area contributed by atoms with Gasteiger partial charge in [0.1, 0.15) is 5.75 Å². The van der Waals surface area contributed by atoms with Crippen molar-refractivity contribution in [1.29, 1.82) is 0 Å². The SMILES string of the molecule is O=C(CCOc1cccc(Cl)c1)Nc1cnn(C[C@@H]2CCCO2)c1. The number of anilines is 1. The van der Waals surface area contributed by atoms with Gasteiger partial charge in [-0.3, -0.25) is 9.48 Å². The molecule has 0 radical (unpaired) electrons. The highest BCUT2D eigenvalue weighted by molar-refractivity contribution is 6.30. The minimum absolute atomic E-state index is 0.117. The highest BCUT2D eigenvalue weighted by atomic mass is 35.5. The maximum Gasteiger partial charge on any atom is 0.227 e. The molecular formula is C17H20ClN3O3. The van der Waals surface area contributed by atoms with Crippen LogP contribution in [-0.2, 0) is 16.1 Å². The van der Waals surface area contributed by atoms with E-state index in [0.29, 0.717) is 23.0 Å². The molecule has 1 N–H and O–H groups in total. The Kier molecular flexibility index (Phi) is 5.72. The van der Waals surface area contributed by atoms with Gasteiger partial charge in [-0.2, -0.15) is 5.10 Å². The molecule has 2 heterocycles. The molecule has 24 heavy (non-hydrogen) atoms. The molecule has 2 aromatic rings. The van der Waals surface area contributed by atoms with Crippen LogP contribution in [0, 0.1) is 0 Å². The first-order chi connectivity index (χ1) is 11.7. The van der Waals surface area contributed by atoms with Gasteiger partial charge in [0.25, 0.3) is 0 Å². The van der Waals surface area contributed by atoms with E-state index >= 15 is 0 Å². The highest BCUT2D eigenvalue weighted by Gasteiger charge is 2.16. The summed E-state index contributed by atoms with van der Waals surface area (Å²) in [5, 5.41) is 7.67. The molecule has 1 aliphatic heterocycles. The summed E-state index contributed by atoms with van der Waals surface area (Å²) in [6.45, 7) is 1.83. The molecule has 0 spiro atoms. The molecule has 0 unspecified atom stereocenters. The molecule has 7 heteroatoms. The third-order valence-corrected chi connectivity index (χ3v) is 3.96. The van der Waals surface area contributed by atoms with Gasteiger partial charge >= 0.3 is 0 Å². The van der Waals surface area contributed by atoms with Gasteiger partial charge in [-0.05, 0) is 31.0 Å². The van der Waals surface area contributed by atoms with Crippen LogP contribution in [0.15, 0.2) is 36.7 Å².